The predicted molar refractivity (Wildman–Crippen MR) is 101 cm³/mol. The molecule has 0 aliphatic rings. The van der Waals surface area contributed by atoms with Crippen LogP contribution in [-0.2, 0) is 13.3 Å². The number of hydrogen-bond acceptors (Lipinski definition) is 3. The van der Waals surface area contributed by atoms with Crippen LogP contribution in [0.1, 0.15) is 67.2 Å². The van der Waals surface area contributed by atoms with Gasteiger partial charge in [0.25, 0.3) is 0 Å². The van der Waals surface area contributed by atoms with Crippen molar-refractivity contribution in [1.82, 2.24) is 0 Å². The third-order valence-electron chi connectivity index (χ3n) is 4.30. The summed E-state index contributed by atoms with van der Waals surface area (Å²) in [6.07, 6.45) is 4.90. The molecule has 0 atom stereocenters. The normalized spacial score (nSPS) is 12.2. The molecule has 0 fully saturated rings. The summed E-state index contributed by atoms with van der Waals surface area (Å²) in [4.78, 5) is 0. The topological polar surface area (TPSA) is 27.7 Å². The van der Waals surface area contributed by atoms with Gasteiger partial charge in [-0.15, -0.1) is 0 Å². The Kier molecular flexibility index (Phi) is 18.0. The van der Waals surface area contributed by atoms with E-state index in [0.29, 0.717) is 19.8 Å². The molecule has 0 aromatic heterocycles. The fourth-order valence-electron chi connectivity index (χ4n) is 3.73. The van der Waals surface area contributed by atoms with Crippen LogP contribution < -0.4 is 24.0 Å². The van der Waals surface area contributed by atoms with E-state index in [4.69, 9.17) is 13.3 Å². The van der Waals surface area contributed by atoms with Crippen molar-refractivity contribution >= 4 is 8.80 Å². The lowest BCUT2D eigenvalue weighted by Gasteiger charge is -2.39. The molecular formula is C18H42INO3Si. The largest absolute Gasteiger partial charge is 1.00 e. The minimum absolute atomic E-state index is 0. The smallest absolute Gasteiger partial charge is 0.501 e. The van der Waals surface area contributed by atoms with E-state index >= 15 is 0 Å². The molecule has 0 amide bonds. The molecular weight excluding hydrogens is 433 g/mol. The Morgan fingerprint density at radius 1 is 0.625 bits per heavy atom. The van der Waals surface area contributed by atoms with Gasteiger partial charge >= 0.3 is 8.80 Å². The summed E-state index contributed by atoms with van der Waals surface area (Å²) >= 11 is 0. The third kappa shape index (κ3) is 10.1. The summed E-state index contributed by atoms with van der Waals surface area (Å²) in [7, 11) is -2.47. The third-order valence-corrected chi connectivity index (χ3v) is 7.45. The molecule has 0 N–H and O–H groups in total. The first kappa shape index (κ1) is 27.0. The van der Waals surface area contributed by atoms with E-state index in [1.54, 1.807) is 0 Å². The molecule has 24 heavy (non-hydrogen) atoms. The van der Waals surface area contributed by atoms with Crippen LogP contribution in [0.25, 0.3) is 0 Å². The molecule has 0 saturated carbocycles. The lowest BCUT2D eigenvalue weighted by molar-refractivity contribution is -0.928. The number of nitrogens with zero attached hydrogens (tertiary/aromatic N) is 1. The van der Waals surface area contributed by atoms with E-state index < -0.39 is 8.80 Å². The first-order chi connectivity index (χ1) is 11.1. The second kappa shape index (κ2) is 16.0. The van der Waals surface area contributed by atoms with Crippen LogP contribution in [0.2, 0.25) is 6.04 Å². The molecule has 0 aromatic rings. The van der Waals surface area contributed by atoms with Gasteiger partial charge in [0.1, 0.15) is 0 Å². The lowest BCUT2D eigenvalue weighted by atomic mass is 10.2. The van der Waals surface area contributed by atoms with Crippen LogP contribution in [-0.4, -0.2) is 59.3 Å². The fraction of sp³-hybridized carbons (Fsp3) is 1.00. The summed E-state index contributed by atoms with van der Waals surface area (Å²) in [5.41, 5.74) is 0. The average Bonchev–Trinajstić information content (AvgIpc) is 2.49. The van der Waals surface area contributed by atoms with Crippen molar-refractivity contribution in [2.45, 2.75) is 73.3 Å². The molecule has 0 spiro atoms. The van der Waals surface area contributed by atoms with Gasteiger partial charge in [0.2, 0.25) is 0 Å². The summed E-state index contributed by atoms with van der Waals surface area (Å²) in [6, 6.07) is 0.944. The molecule has 0 aromatic carbocycles. The van der Waals surface area contributed by atoms with Gasteiger partial charge in [0, 0.05) is 32.3 Å². The van der Waals surface area contributed by atoms with E-state index in [0.717, 1.165) is 12.5 Å². The SMILES string of the molecule is CCC[N+](CCC)(CCC)CCC[Si](OCC)(OCC)OCC.[I-]. The maximum atomic E-state index is 5.99. The highest BCUT2D eigenvalue weighted by atomic mass is 127. The highest BCUT2D eigenvalue weighted by Gasteiger charge is 2.40. The average molecular weight is 476 g/mol. The van der Waals surface area contributed by atoms with E-state index in [-0.39, 0.29) is 24.0 Å². The van der Waals surface area contributed by atoms with Crippen LogP contribution in [0.4, 0.5) is 0 Å². The van der Waals surface area contributed by atoms with Crippen LogP contribution in [0, 0.1) is 0 Å². The zero-order valence-corrected chi connectivity index (χ0v) is 20.2. The first-order valence-corrected chi connectivity index (χ1v) is 11.8. The minimum atomic E-state index is -2.47. The van der Waals surface area contributed by atoms with E-state index in [2.05, 4.69) is 20.8 Å². The molecule has 0 heterocycles. The zero-order chi connectivity index (χ0) is 17.6. The van der Waals surface area contributed by atoms with Crippen molar-refractivity contribution in [3.8, 4) is 0 Å². The Bertz CT molecular complexity index is 223. The molecule has 148 valence electrons. The molecule has 0 unspecified atom stereocenters. The van der Waals surface area contributed by atoms with Crippen molar-refractivity contribution in [2.75, 3.05) is 46.0 Å². The molecule has 6 heteroatoms. The maximum absolute atomic E-state index is 5.99. The fourth-order valence-corrected chi connectivity index (χ4v) is 6.32. The Balaban J connectivity index is 0. The van der Waals surface area contributed by atoms with Crippen LogP contribution in [0.15, 0.2) is 0 Å². The number of hydrogen-bond donors (Lipinski definition) is 0. The van der Waals surface area contributed by atoms with Gasteiger partial charge in [0.15, 0.2) is 0 Å². The van der Waals surface area contributed by atoms with Gasteiger partial charge in [0.05, 0.1) is 26.2 Å². The van der Waals surface area contributed by atoms with Crippen LogP contribution >= 0.6 is 0 Å². The van der Waals surface area contributed by atoms with Crippen molar-refractivity contribution in [3.05, 3.63) is 0 Å². The molecule has 0 aliphatic carbocycles. The van der Waals surface area contributed by atoms with Gasteiger partial charge in [-0.1, -0.05) is 20.8 Å². The van der Waals surface area contributed by atoms with Gasteiger partial charge in [-0.25, -0.2) is 0 Å². The van der Waals surface area contributed by atoms with E-state index in [9.17, 15) is 0 Å². The standard InChI is InChI=1S/C18H42NO3Si.HI/c1-7-14-19(15-8-2,16-9-3)17-13-18-23(20-10-4,21-11-5)22-12-6;/h7-18H2,1-6H3;1H/q+1;/p-1. The number of halogens is 1. The minimum Gasteiger partial charge on any atom is -1.00 e. The van der Waals surface area contributed by atoms with Gasteiger partial charge < -0.3 is 41.7 Å². The van der Waals surface area contributed by atoms with Crippen molar-refractivity contribution in [1.29, 1.82) is 0 Å². The number of quaternary nitrogens is 1. The highest BCUT2D eigenvalue weighted by molar-refractivity contribution is 6.60. The summed E-state index contributed by atoms with van der Waals surface area (Å²) < 4.78 is 19.2. The Morgan fingerprint density at radius 2 is 1.00 bits per heavy atom. The first-order valence-electron chi connectivity index (χ1n) is 9.84. The van der Waals surface area contributed by atoms with Gasteiger partial charge in [-0.05, 0) is 40.0 Å². The van der Waals surface area contributed by atoms with Gasteiger partial charge in [-0.2, -0.15) is 0 Å². The zero-order valence-electron chi connectivity index (χ0n) is 17.0. The van der Waals surface area contributed by atoms with Crippen molar-refractivity contribution in [3.63, 3.8) is 0 Å². The summed E-state index contributed by atoms with van der Waals surface area (Å²) in [6.45, 7) is 20.1. The monoisotopic (exact) mass is 475 g/mol. The Labute approximate surface area is 169 Å². The Morgan fingerprint density at radius 3 is 1.29 bits per heavy atom. The molecule has 0 saturated heterocycles. The lowest BCUT2D eigenvalue weighted by Crippen LogP contribution is -3.00. The summed E-state index contributed by atoms with van der Waals surface area (Å²) in [5, 5.41) is 0. The van der Waals surface area contributed by atoms with Crippen LogP contribution in [0.3, 0.4) is 0 Å². The van der Waals surface area contributed by atoms with Crippen molar-refractivity contribution < 1.29 is 41.7 Å². The Hall–Kier alpha value is 0.787. The second-order valence-electron chi connectivity index (χ2n) is 6.32. The number of rotatable bonds is 16. The quantitative estimate of drug-likeness (QED) is 0.192. The summed E-state index contributed by atoms with van der Waals surface area (Å²) in [5.74, 6) is 0. The van der Waals surface area contributed by atoms with E-state index in [1.807, 2.05) is 20.8 Å². The maximum Gasteiger partial charge on any atom is 0.501 e. The molecule has 4 nitrogen and oxygen atoms in total. The molecule has 0 rings (SSSR count). The van der Waals surface area contributed by atoms with Crippen LogP contribution in [0.5, 0.6) is 0 Å². The highest BCUT2D eigenvalue weighted by Crippen LogP contribution is 2.21. The molecule has 0 aliphatic heterocycles. The molecule has 0 radical (unpaired) electrons. The van der Waals surface area contributed by atoms with E-state index in [1.165, 1.54) is 49.9 Å². The second-order valence-corrected chi connectivity index (χ2v) is 9.05. The molecule has 0 bridgehead atoms. The predicted octanol–water partition coefficient (Wildman–Crippen LogP) is 1.48. The van der Waals surface area contributed by atoms with Crippen molar-refractivity contribution in [2.24, 2.45) is 0 Å². The van der Waals surface area contributed by atoms with Gasteiger partial charge in [-0.3, -0.25) is 0 Å².